The summed E-state index contributed by atoms with van der Waals surface area (Å²) in [5, 5.41) is 0. The topological polar surface area (TPSA) is 43.8 Å². The van der Waals surface area contributed by atoms with E-state index in [1.54, 1.807) is 0 Å². The van der Waals surface area contributed by atoms with Crippen LogP contribution in [0.5, 0.6) is 0 Å². The molecule has 2 heterocycles. The third kappa shape index (κ3) is 1.69. The molecule has 78 valence electrons. The first-order valence-corrected chi connectivity index (χ1v) is 5.58. The highest BCUT2D eigenvalue weighted by atomic mass is 15.1. The Balaban J connectivity index is 2.14. The van der Waals surface area contributed by atoms with Crippen LogP contribution in [0.2, 0.25) is 0 Å². The van der Waals surface area contributed by atoms with Crippen molar-refractivity contribution in [3.8, 4) is 0 Å². The van der Waals surface area contributed by atoms with Gasteiger partial charge in [-0.2, -0.15) is 0 Å². The summed E-state index contributed by atoms with van der Waals surface area (Å²) in [6.07, 6.45) is 6.69. The summed E-state index contributed by atoms with van der Waals surface area (Å²) in [5.41, 5.74) is 7.01. The second-order valence-electron chi connectivity index (χ2n) is 4.11. The van der Waals surface area contributed by atoms with Gasteiger partial charge in [-0.1, -0.05) is 6.92 Å². The average molecular weight is 193 g/mol. The number of aryl methyl sites for hydroxylation is 2. The molecule has 1 atom stereocenters. The van der Waals surface area contributed by atoms with Gasteiger partial charge in [-0.15, -0.1) is 0 Å². The molecule has 1 aliphatic heterocycles. The fourth-order valence-corrected chi connectivity index (χ4v) is 2.33. The van der Waals surface area contributed by atoms with Crippen LogP contribution in [0.15, 0.2) is 6.20 Å². The van der Waals surface area contributed by atoms with Crippen molar-refractivity contribution in [2.24, 2.45) is 11.7 Å². The summed E-state index contributed by atoms with van der Waals surface area (Å²) in [6, 6.07) is 0. The molecule has 1 aliphatic rings. The number of nitrogens with zero attached hydrogens (tertiary/aromatic N) is 2. The Morgan fingerprint density at radius 2 is 2.50 bits per heavy atom. The standard InChI is InChI=1S/C11H19N3/c1-2-11-13-7-10-4-3-9(5-6-12)8-14(10)11/h7,9H,2-6,8,12H2,1H3. The van der Waals surface area contributed by atoms with Crippen LogP contribution in [-0.4, -0.2) is 16.1 Å². The molecule has 1 aromatic heterocycles. The van der Waals surface area contributed by atoms with Gasteiger partial charge in [0, 0.05) is 24.9 Å². The van der Waals surface area contributed by atoms with Gasteiger partial charge in [-0.05, 0) is 31.7 Å². The lowest BCUT2D eigenvalue weighted by Crippen LogP contribution is -2.23. The van der Waals surface area contributed by atoms with E-state index < -0.39 is 0 Å². The van der Waals surface area contributed by atoms with Gasteiger partial charge in [0.15, 0.2) is 0 Å². The maximum absolute atomic E-state index is 5.60. The van der Waals surface area contributed by atoms with Crippen LogP contribution in [0, 0.1) is 5.92 Å². The van der Waals surface area contributed by atoms with Crippen LogP contribution in [0.1, 0.15) is 31.3 Å². The van der Waals surface area contributed by atoms with Crippen molar-refractivity contribution in [2.75, 3.05) is 6.54 Å². The minimum absolute atomic E-state index is 0.770. The van der Waals surface area contributed by atoms with E-state index >= 15 is 0 Å². The largest absolute Gasteiger partial charge is 0.332 e. The van der Waals surface area contributed by atoms with Crippen molar-refractivity contribution in [1.82, 2.24) is 9.55 Å². The summed E-state index contributed by atoms with van der Waals surface area (Å²) in [5.74, 6) is 2.01. The fourth-order valence-electron chi connectivity index (χ4n) is 2.33. The minimum atomic E-state index is 0.770. The predicted octanol–water partition coefficient (Wildman–Crippen LogP) is 1.36. The van der Waals surface area contributed by atoms with E-state index in [0.717, 1.165) is 31.8 Å². The highest BCUT2D eigenvalue weighted by molar-refractivity contribution is 5.08. The maximum atomic E-state index is 5.60. The lowest BCUT2D eigenvalue weighted by Gasteiger charge is -2.24. The Bertz CT molecular complexity index is 290. The van der Waals surface area contributed by atoms with Crippen molar-refractivity contribution in [1.29, 1.82) is 0 Å². The number of fused-ring (bicyclic) bond motifs is 1. The molecular formula is C11H19N3. The van der Waals surface area contributed by atoms with Crippen molar-refractivity contribution >= 4 is 0 Å². The highest BCUT2D eigenvalue weighted by Gasteiger charge is 2.19. The summed E-state index contributed by atoms with van der Waals surface area (Å²) < 4.78 is 2.39. The third-order valence-corrected chi connectivity index (χ3v) is 3.16. The van der Waals surface area contributed by atoms with Gasteiger partial charge < -0.3 is 10.3 Å². The van der Waals surface area contributed by atoms with E-state index in [1.807, 2.05) is 6.20 Å². The number of nitrogens with two attached hydrogens (primary N) is 1. The molecule has 3 nitrogen and oxygen atoms in total. The predicted molar refractivity (Wildman–Crippen MR) is 57.1 cm³/mol. The molecule has 0 aliphatic carbocycles. The Morgan fingerprint density at radius 3 is 3.21 bits per heavy atom. The maximum Gasteiger partial charge on any atom is 0.108 e. The first kappa shape index (κ1) is 9.71. The second-order valence-corrected chi connectivity index (χ2v) is 4.11. The lowest BCUT2D eigenvalue weighted by atomic mass is 9.95. The molecule has 0 amide bonds. The first-order valence-electron chi connectivity index (χ1n) is 5.58. The van der Waals surface area contributed by atoms with Crippen LogP contribution in [0.4, 0.5) is 0 Å². The Hall–Kier alpha value is -0.830. The van der Waals surface area contributed by atoms with Crippen molar-refractivity contribution in [3.63, 3.8) is 0 Å². The van der Waals surface area contributed by atoms with Gasteiger partial charge in [-0.25, -0.2) is 4.98 Å². The molecular weight excluding hydrogens is 174 g/mol. The fraction of sp³-hybridized carbons (Fsp3) is 0.727. The Labute approximate surface area is 85.3 Å². The molecule has 3 heteroatoms. The van der Waals surface area contributed by atoms with Crippen LogP contribution in [0.25, 0.3) is 0 Å². The van der Waals surface area contributed by atoms with Gasteiger partial charge in [0.2, 0.25) is 0 Å². The molecule has 14 heavy (non-hydrogen) atoms. The second kappa shape index (κ2) is 4.13. The zero-order valence-corrected chi connectivity index (χ0v) is 8.87. The number of hydrogen-bond acceptors (Lipinski definition) is 2. The van der Waals surface area contributed by atoms with Crippen molar-refractivity contribution < 1.29 is 0 Å². The molecule has 0 saturated heterocycles. The quantitative estimate of drug-likeness (QED) is 0.787. The molecule has 2 N–H and O–H groups in total. The van der Waals surface area contributed by atoms with E-state index in [-0.39, 0.29) is 0 Å². The van der Waals surface area contributed by atoms with E-state index in [9.17, 15) is 0 Å². The molecule has 0 bridgehead atoms. The normalized spacial score (nSPS) is 20.9. The molecule has 1 unspecified atom stereocenters. The highest BCUT2D eigenvalue weighted by Crippen LogP contribution is 2.23. The molecule has 0 spiro atoms. The van der Waals surface area contributed by atoms with Crippen LogP contribution >= 0.6 is 0 Å². The van der Waals surface area contributed by atoms with E-state index in [4.69, 9.17) is 5.73 Å². The summed E-state index contributed by atoms with van der Waals surface area (Å²) >= 11 is 0. The number of imidazole rings is 1. The zero-order valence-electron chi connectivity index (χ0n) is 8.87. The Kier molecular flexibility index (Phi) is 2.87. The first-order chi connectivity index (χ1) is 6.85. The molecule has 0 radical (unpaired) electrons. The summed E-state index contributed by atoms with van der Waals surface area (Å²) in [4.78, 5) is 4.44. The van der Waals surface area contributed by atoms with E-state index in [2.05, 4.69) is 16.5 Å². The SMILES string of the molecule is CCc1ncc2n1CC(CCN)CC2. The van der Waals surface area contributed by atoms with Gasteiger partial charge in [0.25, 0.3) is 0 Å². The molecule has 0 fully saturated rings. The van der Waals surface area contributed by atoms with Gasteiger partial charge in [-0.3, -0.25) is 0 Å². The Morgan fingerprint density at radius 1 is 1.64 bits per heavy atom. The van der Waals surface area contributed by atoms with Gasteiger partial charge >= 0.3 is 0 Å². The van der Waals surface area contributed by atoms with Gasteiger partial charge in [0.1, 0.15) is 5.82 Å². The summed E-state index contributed by atoms with van der Waals surface area (Å²) in [7, 11) is 0. The molecule has 0 aromatic carbocycles. The number of hydrogen-bond donors (Lipinski definition) is 1. The van der Waals surface area contributed by atoms with E-state index in [1.165, 1.54) is 24.4 Å². The number of rotatable bonds is 3. The minimum Gasteiger partial charge on any atom is -0.332 e. The van der Waals surface area contributed by atoms with Crippen LogP contribution in [-0.2, 0) is 19.4 Å². The van der Waals surface area contributed by atoms with Crippen molar-refractivity contribution in [2.45, 2.75) is 39.2 Å². The molecule has 0 saturated carbocycles. The van der Waals surface area contributed by atoms with E-state index in [0.29, 0.717) is 0 Å². The van der Waals surface area contributed by atoms with Gasteiger partial charge in [0.05, 0.1) is 0 Å². The third-order valence-electron chi connectivity index (χ3n) is 3.16. The average Bonchev–Trinajstić information content (AvgIpc) is 2.60. The summed E-state index contributed by atoms with van der Waals surface area (Å²) in [6.45, 7) is 4.12. The monoisotopic (exact) mass is 193 g/mol. The smallest absolute Gasteiger partial charge is 0.108 e. The molecule has 2 rings (SSSR count). The van der Waals surface area contributed by atoms with Crippen molar-refractivity contribution in [3.05, 3.63) is 17.7 Å². The van der Waals surface area contributed by atoms with Crippen LogP contribution in [0.3, 0.4) is 0 Å². The lowest BCUT2D eigenvalue weighted by molar-refractivity contribution is 0.347. The van der Waals surface area contributed by atoms with Crippen LogP contribution < -0.4 is 5.73 Å². The zero-order chi connectivity index (χ0) is 9.97. The number of aromatic nitrogens is 2. The molecule has 1 aromatic rings.